The minimum Gasteiger partial charge on any atom is -0.452 e. The molecule has 0 unspecified atom stereocenters. The first kappa shape index (κ1) is 30.6. The highest BCUT2D eigenvalue weighted by molar-refractivity contribution is 6.35. The molecule has 0 aliphatic heterocycles. The first-order valence-electron chi connectivity index (χ1n) is 19.3. The number of furan rings is 1. The molecule has 5 heteroatoms. The molecule has 0 atom stereocenters. The normalized spacial score (nSPS) is 12.2. The number of hydrogen-bond donors (Lipinski definition) is 0. The molecule has 13 aromatic rings. The average Bonchev–Trinajstić information content (AvgIpc) is 4.02. The lowest BCUT2D eigenvalue weighted by molar-refractivity contribution is 0.667. The van der Waals surface area contributed by atoms with Gasteiger partial charge in [0.2, 0.25) is 0 Å². The van der Waals surface area contributed by atoms with Crippen molar-refractivity contribution in [1.29, 1.82) is 0 Å². The van der Waals surface area contributed by atoms with E-state index in [2.05, 4.69) is 167 Å². The maximum absolute atomic E-state index is 6.46. The van der Waals surface area contributed by atoms with Crippen molar-refractivity contribution < 1.29 is 4.42 Å². The molecular formula is C52H30N4O. The molecule has 0 aliphatic rings. The Kier molecular flexibility index (Phi) is 6.10. The molecule has 8 aromatic carbocycles. The van der Waals surface area contributed by atoms with Gasteiger partial charge in [0.25, 0.3) is 0 Å². The number of fused-ring (bicyclic) bond motifs is 13. The van der Waals surface area contributed by atoms with Crippen LogP contribution in [-0.2, 0) is 0 Å². The van der Waals surface area contributed by atoms with Gasteiger partial charge in [-0.25, -0.2) is 9.97 Å². The standard InChI is InChI=1S/C52H30N4O/c1-2-12-31(13-3-1)32-22-24-33(25-23-32)48-51-49(39-17-7-11-21-45(39)57-51)54-52(53-48)34-26-28-35(29-27-34)55-42-19-9-5-15-37(42)46-44(55)30-40-36-14-4-8-18-41(36)56-43-20-10-6-16-38(43)47(46)50(40)56/h1-30H. The SMILES string of the molecule is c1ccc(-c2ccc(-c3nc(-c4ccc(-n5c6ccccc6c6c7c8ccccc8n8c9ccccc9c(cc65)c78)cc4)nc4c3oc3ccccc34)cc2)cc1. The topological polar surface area (TPSA) is 48.3 Å². The molecule has 0 radical (unpaired) electrons. The van der Waals surface area contributed by atoms with Gasteiger partial charge in [0, 0.05) is 54.5 Å². The number of benzene rings is 8. The molecule has 0 saturated heterocycles. The van der Waals surface area contributed by atoms with E-state index in [1.807, 2.05) is 24.3 Å². The molecular weight excluding hydrogens is 697 g/mol. The minimum atomic E-state index is 0.657. The van der Waals surface area contributed by atoms with Gasteiger partial charge in [-0.05, 0) is 71.8 Å². The van der Waals surface area contributed by atoms with E-state index < -0.39 is 0 Å². The van der Waals surface area contributed by atoms with Gasteiger partial charge >= 0.3 is 0 Å². The lowest BCUT2D eigenvalue weighted by atomic mass is 10.0. The molecule has 264 valence electrons. The lowest BCUT2D eigenvalue weighted by Gasteiger charge is -2.10. The van der Waals surface area contributed by atoms with Gasteiger partial charge in [-0.1, -0.05) is 121 Å². The summed E-state index contributed by atoms with van der Waals surface area (Å²) in [5.74, 6) is 0.657. The molecule has 13 rings (SSSR count). The molecule has 5 aromatic heterocycles. The second kappa shape index (κ2) is 11.4. The zero-order valence-corrected chi connectivity index (χ0v) is 30.5. The highest BCUT2D eigenvalue weighted by atomic mass is 16.3. The van der Waals surface area contributed by atoms with Crippen LogP contribution in [0.5, 0.6) is 0 Å². The van der Waals surface area contributed by atoms with Crippen molar-refractivity contribution in [3.05, 3.63) is 182 Å². The van der Waals surface area contributed by atoms with Crippen LogP contribution in [0.1, 0.15) is 0 Å². The molecule has 0 saturated carbocycles. The van der Waals surface area contributed by atoms with Gasteiger partial charge in [0.15, 0.2) is 11.4 Å². The van der Waals surface area contributed by atoms with E-state index in [0.717, 1.165) is 44.6 Å². The first-order valence-corrected chi connectivity index (χ1v) is 19.3. The fourth-order valence-electron chi connectivity index (χ4n) is 9.37. The van der Waals surface area contributed by atoms with Crippen molar-refractivity contribution in [3.63, 3.8) is 0 Å². The Morgan fingerprint density at radius 3 is 1.75 bits per heavy atom. The molecule has 5 nitrogen and oxygen atoms in total. The largest absolute Gasteiger partial charge is 0.452 e. The van der Waals surface area contributed by atoms with Crippen molar-refractivity contribution in [1.82, 2.24) is 18.9 Å². The Labute approximate surface area is 325 Å². The Bertz CT molecular complexity index is 3720. The van der Waals surface area contributed by atoms with Gasteiger partial charge in [-0.3, -0.25) is 0 Å². The summed E-state index contributed by atoms with van der Waals surface area (Å²) in [6.07, 6.45) is 0. The van der Waals surface area contributed by atoms with Crippen LogP contribution >= 0.6 is 0 Å². The van der Waals surface area contributed by atoms with Crippen LogP contribution < -0.4 is 0 Å². The molecule has 57 heavy (non-hydrogen) atoms. The summed E-state index contributed by atoms with van der Waals surface area (Å²) in [5.41, 5.74) is 14.5. The molecule has 0 spiro atoms. The fourth-order valence-corrected chi connectivity index (χ4v) is 9.37. The van der Waals surface area contributed by atoms with Gasteiger partial charge in [-0.2, -0.15) is 0 Å². The number of nitrogens with zero attached hydrogens (tertiary/aromatic N) is 4. The van der Waals surface area contributed by atoms with Crippen molar-refractivity contribution in [2.75, 3.05) is 0 Å². The van der Waals surface area contributed by atoms with E-state index in [-0.39, 0.29) is 0 Å². The molecule has 0 bridgehead atoms. The monoisotopic (exact) mass is 726 g/mol. The van der Waals surface area contributed by atoms with E-state index in [1.165, 1.54) is 65.5 Å². The summed E-state index contributed by atoms with van der Waals surface area (Å²) >= 11 is 0. The molecule has 0 aliphatic carbocycles. The van der Waals surface area contributed by atoms with Crippen LogP contribution in [0.4, 0.5) is 0 Å². The third-order valence-electron chi connectivity index (χ3n) is 11.9. The van der Waals surface area contributed by atoms with Crippen LogP contribution in [0.25, 0.3) is 121 Å². The zero-order valence-electron chi connectivity index (χ0n) is 30.5. The number of hydrogen-bond acceptors (Lipinski definition) is 3. The van der Waals surface area contributed by atoms with Crippen molar-refractivity contribution >= 4 is 82.0 Å². The fraction of sp³-hybridized carbons (Fsp3) is 0. The predicted molar refractivity (Wildman–Crippen MR) is 235 cm³/mol. The van der Waals surface area contributed by atoms with E-state index in [1.54, 1.807) is 0 Å². The van der Waals surface area contributed by atoms with Gasteiger partial charge in [-0.15, -0.1) is 0 Å². The van der Waals surface area contributed by atoms with Crippen molar-refractivity contribution in [2.24, 2.45) is 0 Å². The average molecular weight is 727 g/mol. The van der Waals surface area contributed by atoms with Crippen LogP contribution in [-0.4, -0.2) is 18.9 Å². The number of rotatable bonds is 4. The molecule has 0 N–H and O–H groups in total. The highest BCUT2D eigenvalue weighted by Crippen LogP contribution is 2.46. The second-order valence-electron chi connectivity index (χ2n) is 14.9. The predicted octanol–water partition coefficient (Wildman–Crippen LogP) is 13.6. The van der Waals surface area contributed by atoms with E-state index >= 15 is 0 Å². The van der Waals surface area contributed by atoms with E-state index in [4.69, 9.17) is 14.4 Å². The Morgan fingerprint density at radius 1 is 0.404 bits per heavy atom. The minimum absolute atomic E-state index is 0.657. The third kappa shape index (κ3) is 4.23. The maximum atomic E-state index is 6.46. The van der Waals surface area contributed by atoms with E-state index in [9.17, 15) is 0 Å². The quantitative estimate of drug-likeness (QED) is 0.181. The lowest BCUT2D eigenvalue weighted by Crippen LogP contribution is -1.96. The summed E-state index contributed by atoms with van der Waals surface area (Å²) < 4.78 is 11.3. The van der Waals surface area contributed by atoms with Crippen molar-refractivity contribution in [3.8, 4) is 39.5 Å². The Hall–Kier alpha value is -7.76. The Morgan fingerprint density at radius 2 is 0.982 bits per heavy atom. The smallest absolute Gasteiger partial charge is 0.180 e. The summed E-state index contributed by atoms with van der Waals surface area (Å²) in [7, 11) is 0. The summed E-state index contributed by atoms with van der Waals surface area (Å²) in [6.45, 7) is 0. The van der Waals surface area contributed by atoms with Gasteiger partial charge < -0.3 is 13.4 Å². The second-order valence-corrected chi connectivity index (χ2v) is 14.9. The van der Waals surface area contributed by atoms with Crippen LogP contribution in [0, 0.1) is 0 Å². The van der Waals surface area contributed by atoms with Crippen LogP contribution in [0.2, 0.25) is 0 Å². The molecule has 5 heterocycles. The first-order chi connectivity index (χ1) is 28.3. The van der Waals surface area contributed by atoms with Gasteiger partial charge in [0.05, 0.1) is 27.6 Å². The number of para-hydroxylation sites is 4. The van der Waals surface area contributed by atoms with Gasteiger partial charge in [0.1, 0.15) is 16.8 Å². The van der Waals surface area contributed by atoms with Crippen LogP contribution in [0.15, 0.2) is 186 Å². The number of aromatic nitrogens is 4. The maximum Gasteiger partial charge on any atom is 0.180 e. The highest BCUT2D eigenvalue weighted by Gasteiger charge is 2.24. The third-order valence-corrected chi connectivity index (χ3v) is 11.9. The molecule has 0 amide bonds. The van der Waals surface area contributed by atoms with E-state index in [0.29, 0.717) is 11.4 Å². The molecule has 0 fully saturated rings. The Balaban J connectivity index is 1.01. The van der Waals surface area contributed by atoms with Crippen molar-refractivity contribution in [2.45, 2.75) is 0 Å². The summed E-state index contributed by atoms with van der Waals surface area (Å²) in [4.78, 5) is 10.4. The summed E-state index contributed by atoms with van der Waals surface area (Å²) in [6, 6.07) is 64.6. The zero-order chi connectivity index (χ0) is 37.2. The van der Waals surface area contributed by atoms with Crippen LogP contribution in [0.3, 0.4) is 0 Å². The summed E-state index contributed by atoms with van der Waals surface area (Å²) in [5, 5.41) is 8.61.